The molecule has 2 aromatic rings. The first-order chi connectivity index (χ1) is 11.4. The first-order valence-electron chi connectivity index (χ1n) is 7.52. The second kappa shape index (κ2) is 7.68. The molecule has 0 unspecified atom stereocenters. The van der Waals surface area contributed by atoms with Gasteiger partial charge in [-0.05, 0) is 51.1 Å². The van der Waals surface area contributed by atoms with Crippen LogP contribution in [0.2, 0.25) is 0 Å². The smallest absolute Gasteiger partial charge is 0.374 e. The van der Waals surface area contributed by atoms with Crippen LogP contribution in [0.15, 0.2) is 34.7 Å². The summed E-state index contributed by atoms with van der Waals surface area (Å²) in [6.07, 6.45) is 0.0639. The summed E-state index contributed by atoms with van der Waals surface area (Å²) < 4.78 is 20.7. The number of carbonyl (C=O) groups is 2. The van der Waals surface area contributed by atoms with E-state index in [-0.39, 0.29) is 18.5 Å². The van der Waals surface area contributed by atoms with E-state index in [0.29, 0.717) is 22.6 Å². The van der Waals surface area contributed by atoms with Gasteiger partial charge in [0.1, 0.15) is 18.1 Å². The Labute approximate surface area is 140 Å². The maximum absolute atomic E-state index is 12.0. The molecule has 0 aliphatic carbocycles. The summed E-state index contributed by atoms with van der Waals surface area (Å²) in [5.74, 6) is 0.122. The predicted molar refractivity (Wildman–Crippen MR) is 86.1 cm³/mol. The van der Waals surface area contributed by atoms with Gasteiger partial charge in [-0.15, -0.1) is 0 Å². The largest absolute Gasteiger partial charge is 0.491 e. The van der Waals surface area contributed by atoms with E-state index in [2.05, 4.69) is 4.74 Å². The van der Waals surface area contributed by atoms with Gasteiger partial charge in [-0.1, -0.05) is 0 Å². The van der Waals surface area contributed by atoms with Crippen LogP contribution in [0, 0.1) is 6.92 Å². The van der Waals surface area contributed by atoms with Crippen molar-refractivity contribution in [2.75, 3.05) is 7.11 Å². The third kappa shape index (κ3) is 4.38. The van der Waals surface area contributed by atoms with E-state index in [1.54, 1.807) is 37.3 Å². The Balaban J connectivity index is 1.97. The minimum absolute atomic E-state index is 0.0639. The van der Waals surface area contributed by atoms with Gasteiger partial charge in [0.05, 0.1) is 18.8 Å². The molecule has 6 heteroatoms. The quantitative estimate of drug-likeness (QED) is 0.754. The van der Waals surface area contributed by atoms with Crippen LogP contribution >= 0.6 is 0 Å². The SMILES string of the molecule is COC(=O)c1oc(COC(=O)c2ccc(OC(C)C)cc2)cc1C. The fraction of sp³-hybridized carbons (Fsp3) is 0.333. The zero-order valence-corrected chi connectivity index (χ0v) is 14.1. The molecule has 0 amide bonds. The molecule has 0 N–H and O–H groups in total. The molecular weight excluding hydrogens is 312 g/mol. The third-order valence-electron chi connectivity index (χ3n) is 3.15. The number of rotatable bonds is 6. The molecule has 0 radical (unpaired) electrons. The predicted octanol–water partition coefficient (Wildman–Crippen LogP) is 3.52. The lowest BCUT2D eigenvalue weighted by atomic mass is 10.2. The van der Waals surface area contributed by atoms with Crippen molar-refractivity contribution in [3.05, 3.63) is 53.0 Å². The van der Waals surface area contributed by atoms with Gasteiger partial charge < -0.3 is 18.6 Å². The van der Waals surface area contributed by atoms with E-state index in [1.165, 1.54) is 7.11 Å². The number of aryl methyl sites for hydroxylation is 1. The van der Waals surface area contributed by atoms with E-state index in [1.807, 2.05) is 13.8 Å². The first-order valence-corrected chi connectivity index (χ1v) is 7.52. The van der Waals surface area contributed by atoms with Crippen molar-refractivity contribution in [3.8, 4) is 5.75 Å². The lowest BCUT2D eigenvalue weighted by molar-refractivity contribution is 0.0438. The lowest BCUT2D eigenvalue weighted by Gasteiger charge is -2.09. The van der Waals surface area contributed by atoms with Crippen molar-refractivity contribution in [2.45, 2.75) is 33.5 Å². The number of ether oxygens (including phenoxy) is 3. The minimum Gasteiger partial charge on any atom is -0.491 e. The maximum Gasteiger partial charge on any atom is 0.374 e. The molecule has 0 saturated carbocycles. The molecule has 0 saturated heterocycles. The topological polar surface area (TPSA) is 75.0 Å². The van der Waals surface area contributed by atoms with Gasteiger partial charge >= 0.3 is 11.9 Å². The summed E-state index contributed by atoms with van der Waals surface area (Å²) in [4.78, 5) is 23.5. The third-order valence-corrected chi connectivity index (χ3v) is 3.15. The van der Waals surface area contributed by atoms with Crippen molar-refractivity contribution in [1.29, 1.82) is 0 Å². The summed E-state index contributed by atoms with van der Waals surface area (Å²) >= 11 is 0. The summed E-state index contributed by atoms with van der Waals surface area (Å²) in [7, 11) is 1.27. The second-order valence-corrected chi connectivity index (χ2v) is 5.48. The maximum atomic E-state index is 12.0. The van der Waals surface area contributed by atoms with Crippen molar-refractivity contribution in [1.82, 2.24) is 0 Å². The van der Waals surface area contributed by atoms with Crippen LogP contribution in [0.5, 0.6) is 5.75 Å². The summed E-state index contributed by atoms with van der Waals surface area (Å²) in [6, 6.07) is 8.33. The van der Waals surface area contributed by atoms with Crippen LogP contribution in [0.4, 0.5) is 0 Å². The van der Waals surface area contributed by atoms with Crippen LogP contribution in [0.3, 0.4) is 0 Å². The highest BCUT2D eigenvalue weighted by molar-refractivity contribution is 5.89. The first kappa shape index (κ1) is 17.6. The molecule has 1 heterocycles. The molecule has 6 nitrogen and oxygen atoms in total. The van der Waals surface area contributed by atoms with Crippen LogP contribution in [0.25, 0.3) is 0 Å². The summed E-state index contributed by atoms with van der Waals surface area (Å²) in [6.45, 7) is 5.50. The fourth-order valence-corrected chi connectivity index (χ4v) is 2.08. The molecule has 0 aliphatic rings. The Kier molecular flexibility index (Phi) is 5.63. The normalized spacial score (nSPS) is 10.5. The average molecular weight is 332 g/mol. The van der Waals surface area contributed by atoms with Crippen LogP contribution in [0.1, 0.15) is 46.1 Å². The molecule has 24 heavy (non-hydrogen) atoms. The van der Waals surface area contributed by atoms with Crippen LogP contribution in [-0.4, -0.2) is 25.2 Å². The number of methoxy groups -OCH3 is 1. The number of hydrogen-bond donors (Lipinski definition) is 0. The molecule has 2 rings (SSSR count). The Morgan fingerprint density at radius 2 is 1.79 bits per heavy atom. The van der Waals surface area contributed by atoms with Crippen molar-refractivity contribution in [2.24, 2.45) is 0 Å². The standard InChI is InChI=1S/C18H20O6/c1-11(2)23-14-7-5-13(6-8-14)17(19)22-10-15-9-12(3)16(24-15)18(20)21-4/h5-9,11H,10H2,1-4H3. The van der Waals surface area contributed by atoms with Crippen LogP contribution in [-0.2, 0) is 16.1 Å². The molecule has 0 fully saturated rings. The molecule has 1 aromatic carbocycles. The van der Waals surface area contributed by atoms with E-state index in [9.17, 15) is 9.59 Å². The van der Waals surface area contributed by atoms with E-state index < -0.39 is 11.9 Å². The van der Waals surface area contributed by atoms with Gasteiger partial charge in [0.25, 0.3) is 0 Å². The molecular formula is C18H20O6. The van der Waals surface area contributed by atoms with Crippen molar-refractivity contribution in [3.63, 3.8) is 0 Å². The van der Waals surface area contributed by atoms with Crippen molar-refractivity contribution < 1.29 is 28.2 Å². The lowest BCUT2D eigenvalue weighted by Crippen LogP contribution is -2.07. The second-order valence-electron chi connectivity index (χ2n) is 5.48. The van der Waals surface area contributed by atoms with E-state index >= 15 is 0 Å². The van der Waals surface area contributed by atoms with E-state index in [0.717, 1.165) is 0 Å². The van der Waals surface area contributed by atoms with Crippen LogP contribution < -0.4 is 4.74 Å². The summed E-state index contributed by atoms with van der Waals surface area (Å²) in [5, 5.41) is 0. The molecule has 0 spiro atoms. The Bertz CT molecular complexity index is 712. The number of hydrogen-bond acceptors (Lipinski definition) is 6. The average Bonchev–Trinajstić information content (AvgIpc) is 2.93. The van der Waals surface area contributed by atoms with Crippen molar-refractivity contribution >= 4 is 11.9 Å². The highest BCUT2D eigenvalue weighted by Gasteiger charge is 2.17. The monoisotopic (exact) mass is 332 g/mol. The van der Waals surface area contributed by atoms with Gasteiger partial charge in [-0.3, -0.25) is 0 Å². The van der Waals surface area contributed by atoms with Gasteiger partial charge in [0, 0.05) is 5.56 Å². The number of furan rings is 1. The van der Waals surface area contributed by atoms with Gasteiger partial charge in [-0.2, -0.15) is 0 Å². The highest BCUT2D eigenvalue weighted by Crippen LogP contribution is 2.18. The molecule has 1 aromatic heterocycles. The van der Waals surface area contributed by atoms with Gasteiger partial charge in [-0.25, -0.2) is 9.59 Å². The Hall–Kier alpha value is -2.76. The molecule has 128 valence electrons. The Morgan fingerprint density at radius 3 is 2.38 bits per heavy atom. The van der Waals surface area contributed by atoms with Gasteiger partial charge in [0.2, 0.25) is 5.76 Å². The summed E-state index contributed by atoms with van der Waals surface area (Å²) in [5.41, 5.74) is 1.03. The van der Waals surface area contributed by atoms with E-state index in [4.69, 9.17) is 13.9 Å². The Morgan fingerprint density at radius 1 is 1.12 bits per heavy atom. The molecule has 0 aliphatic heterocycles. The highest BCUT2D eigenvalue weighted by atomic mass is 16.6. The number of carbonyl (C=O) groups excluding carboxylic acids is 2. The number of esters is 2. The fourth-order valence-electron chi connectivity index (χ4n) is 2.08. The molecule has 0 atom stereocenters. The number of benzene rings is 1. The minimum atomic E-state index is -0.564. The molecule has 0 bridgehead atoms. The zero-order valence-electron chi connectivity index (χ0n) is 14.1. The van der Waals surface area contributed by atoms with Gasteiger partial charge in [0.15, 0.2) is 0 Å². The zero-order chi connectivity index (χ0) is 17.7.